The fourth-order valence-corrected chi connectivity index (χ4v) is 3.28. The van der Waals surface area contributed by atoms with Crippen LogP contribution < -0.4 is 5.73 Å². The zero-order valence-corrected chi connectivity index (χ0v) is 15.1. The highest BCUT2D eigenvalue weighted by Crippen LogP contribution is 2.30. The Bertz CT molecular complexity index is 967. The molecule has 0 aliphatic carbocycles. The van der Waals surface area contributed by atoms with Gasteiger partial charge in [0.15, 0.2) is 5.96 Å². The van der Waals surface area contributed by atoms with Gasteiger partial charge in [0.1, 0.15) is 17.3 Å². The van der Waals surface area contributed by atoms with Crippen LogP contribution >= 0.6 is 0 Å². The fraction of sp³-hybridized carbons (Fsp3) is 0.238. The third kappa shape index (κ3) is 3.56. The van der Waals surface area contributed by atoms with Gasteiger partial charge in [-0.1, -0.05) is 54.5 Å². The molecule has 0 spiro atoms. The van der Waals surface area contributed by atoms with Gasteiger partial charge in [-0.05, 0) is 17.2 Å². The highest BCUT2D eigenvalue weighted by Gasteiger charge is 2.19. The Morgan fingerprint density at radius 2 is 2.00 bits per heavy atom. The summed E-state index contributed by atoms with van der Waals surface area (Å²) in [5, 5.41) is 4.13. The minimum absolute atomic E-state index is 0.102. The third-order valence-corrected chi connectivity index (χ3v) is 4.90. The number of nitrogens with zero attached hydrogens (tertiary/aromatic N) is 3. The van der Waals surface area contributed by atoms with Crippen LogP contribution in [0.15, 0.2) is 64.1 Å². The molecule has 27 heavy (non-hydrogen) atoms. The molecule has 5 nitrogen and oxygen atoms in total. The standard InChI is InChI=1S/C21H21FN4O/c1-14(20-12-17(25-27-20)13-26-10-9-24-21(26)23)16-7-8-18(19(22)11-16)15-5-3-2-4-6-15/h2-8,11-12,14H,9-10,13H2,1H3,(H2,23,24). The van der Waals surface area contributed by atoms with Crippen LogP contribution in [-0.4, -0.2) is 29.1 Å². The monoisotopic (exact) mass is 364 g/mol. The first-order valence-electron chi connectivity index (χ1n) is 8.97. The summed E-state index contributed by atoms with van der Waals surface area (Å²) in [6.07, 6.45) is 0. The van der Waals surface area contributed by atoms with Crippen LogP contribution in [0.2, 0.25) is 0 Å². The second-order valence-electron chi connectivity index (χ2n) is 6.71. The van der Waals surface area contributed by atoms with Crippen LogP contribution in [0.3, 0.4) is 0 Å². The molecular weight excluding hydrogens is 343 g/mol. The van der Waals surface area contributed by atoms with Crippen molar-refractivity contribution in [2.24, 2.45) is 10.7 Å². The van der Waals surface area contributed by atoms with E-state index in [-0.39, 0.29) is 11.7 Å². The first-order chi connectivity index (χ1) is 13.1. The van der Waals surface area contributed by atoms with E-state index in [4.69, 9.17) is 10.3 Å². The molecule has 0 saturated carbocycles. The van der Waals surface area contributed by atoms with Gasteiger partial charge in [0.25, 0.3) is 0 Å². The molecule has 1 unspecified atom stereocenters. The summed E-state index contributed by atoms with van der Waals surface area (Å²) in [5.74, 6) is 0.888. The average molecular weight is 364 g/mol. The molecule has 3 aromatic rings. The van der Waals surface area contributed by atoms with Crippen LogP contribution in [0.4, 0.5) is 4.39 Å². The first-order valence-corrected chi connectivity index (χ1v) is 8.97. The number of benzene rings is 2. The Morgan fingerprint density at radius 3 is 2.70 bits per heavy atom. The van der Waals surface area contributed by atoms with Crippen molar-refractivity contribution in [2.45, 2.75) is 19.4 Å². The van der Waals surface area contributed by atoms with Crippen molar-refractivity contribution >= 4 is 5.96 Å². The minimum Gasteiger partial charge on any atom is -0.370 e. The third-order valence-electron chi connectivity index (χ3n) is 4.90. The van der Waals surface area contributed by atoms with Crippen LogP contribution in [0, 0.1) is 5.82 Å². The quantitative estimate of drug-likeness (QED) is 0.748. The first kappa shape index (κ1) is 17.3. The average Bonchev–Trinajstić information content (AvgIpc) is 3.31. The van der Waals surface area contributed by atoms with Gasteiger partial charge in [0, 0.05) is 24.1 Å². The second-order valence-corrected chi connectivity index (χ2v) is 6.71. The number of halogens is 1. The lowest BCUT2D eigenvalue weighted by molar-refractivity contribution is 0.356. The van der Waals surface area contributed by atoms with Crippen LogP contribution in [-0.2, 0) is 6.54 Å². The lowest BCUT2D eigenvalue weighted by atomic mass is 9.95. The van der Waals surface area contributed by atoms with Gasteiger partial charge in [-0.25, -0.2) is 4.39 Å². The van der Waals surface area contributed by atoms with E-state index in [2.05, 4.69) is 10.1 Å². The molecule has 6 heteroatoms. The minimum atomic E-state index is -0.244. The van der Waals surface area contributed by atoms with Crippen molar-refractivity contribution in [1.29, 1.82) is 0 Å². The number of guanidine groups is 1. The molecule has 1 atom stereocenters. The molecule has 4 rings (SSSR count). The highest BCUT2D eigenvalue weighted by molar-refractivity contribution is 5.79. The zero-order chi connectivity index (χ0) is 18.8. The summed E-state index contributed by atoms with van der Waals surface area (Å²) in [7, 11) is 0. The Labute approximate surface area is 157 Å². The largest absolute Gasteiger partial charge is 0.370 e. The van der Waals surface area contributed by atoms with Gasteiger partial charge < -0.3 is 15.2 Å². The van der Waals surface area contributed by atoms with E-state index >= 15 is 0 Å². The Hall–Kier alpha value is -3.15. The number of hydrogen-bond acceptors (Lipinski definition) is 5. The van der Waals surface area contributed by atoms with E-state index < -0.39 is 0 Å². The van der Waals surface area contributed by atoms with Crippen molar-refractivity contribution < 1.29 is 8.91 Å². The summed E-state index contributed by atoms with van der Waals surface area (Å²) in [6, 6.07) is 16.7. The van der Waals surface area contributed by atoms with Gasteiger partial charge in [-0.15, -0.1) is 0 Å². The number of aromatic nitrogens is 1. The lowest BCUT2D eigenvalue weighted by Gasteiger charge is -2.14. The molecule has 2 heterocycles. The maximum Gasteiger partial charge on any atom is 0.191 e. The van der Waals surface area contributed by atoms with E-state index in [1.807, 2.05) is 60.4 Å². The van der Waals surface area contributed by atoms with Crippen molar-refractivity contribution in [1.82, 2.24) is 10.1 Å². The molecule has 138 valence electrons. The molecule has 0 amide bonds. The summed E-state index contributed by atoms with van der Waals surface area (Å²) < 4.78 is 20.2. The lowest BCUT2D eigenvalue weighted by Crippen LogP contribution is -2.33. The van der Waals surface area contributed by atoms with Crippen molar-refractivity contribution in [3.8, 4) is 11.1 Å². The van der Waals surface area contributed by atoms with Gasteiger partial charge in [0.2, 0.25) is 0 Å². The number of nitrogens with two attached hydrogens (primary N) is 1. The normalized spacial score (nSPS) is 15.0. The van der Waals surface area contributed by atoms with E-state index in [1.54, 1.807) is 6.07 Å². The van der Waals surface area contributed by atoms with Gasteiger partial charge in [-0.3, -0.25) is 4.99 Å². The molecular formula is C21H21FN4O. The molecule has 0 bridgehead atoms. The molecule has 2 N–H and O–H groups in total. The van der Waals surface area contributed by atoms with Crippen LogP contribution in [0.5, 0.6) is 0 Å². The summed E-state index contributed by atoms with van der Waals surface area (Å²) in [4.78, 5) is 6.13. The molecule has 1 aromatic heterocycles. The predicted octanol–water partition coefficient (Wildman–Crippen LogP) is 3.76. The highest BCUT2D eigenvalue weighted by atomic mass is 19.1. The Kier molecular flexibility index (Phi) is 4.62. The van der Waals surface area contributed by atoms with E-state index in [0.29, 0.717) is 30.4 Å². The van der Waals surface area contributed by atoms with Crippen LogP contribution in [0.25, 0.3) is 11.1 Å². The van der Waals surface area contributed by atoms with Gasteiger partial charge >= 0.3 is 0 Å². The van der Waals surface area contributed by atoms with Crippen LogP contribution in [0.1, 0.15) is 29.9 Å². The maximum atomic E-state index is 14.7. The van der Waals surface area contributed by atoms with Crippen molar-refractivity contribution in [3.63, 3.8) is 0 Å². The predicted molar refractivity (Wildman–Crippen MR) is 103 cm³/mol. The van der Waals surface area contributed by atoms with E-state index in [0.717, 1.165) is 23.4 Å². The smallest absolute Gasteiger partial charge is 0.191 e. The molecule has 1 aliphatic heterocycles. The van der Waals surface area contributed by atoms with Crippen molar-refractivity contribution in [3.05, 3.63) is 77.4 Å². The Balaban J connectivity index is 1.52. The number of hydrogen-bond donors (Lipinski definition) is 1. The summed E-state index contributed by atoms with van der Waals surface area (Å²) in [6.45, 7) is 4.04. The molecule has 0 fully saturated rings. The maximum absolute atomic E-state index is 14.7. The molecule has 0 radical (unpaired) electrons. The summed E-state index contributed by atoms with van der Waals surface area (Å²) in [5.41, 5.74) is 8.93. The number of rotatable bonds is 5. The summed E-state index contributed by atoms with van der Waals surface area (Å²) >= 11 is 0. The number of aliphatic imine (C=N–C) groups is 1. The zero-order valence-electron chi connectivity index (χ0n) is 15.1. The van der Waals surface area contributed by atoms with Crippen molar-refractivity contribution in [2.75, 3.05) is 13.1 Å². The second kappa shape index (κ2) is 7.23. The Morgan fingerprint density at radius 1 is 1.19 bits per heavy atom. The van der Waals surface area contributed by atoms with E-state index in [1.165, 1.54) is 0 Å². The molecule has 0 saturated heterocycles. The van der Waals surface area contributed by atoms with Gasteiger partial charge in [0.05, 0.1) is 13.1 Å². The molecule has 2 aromatic carbocycles. The SMILES string of the molecule is CC(c1ccc(-c2ccccc2)c(F)c1)c1cc(CN2CCN=C2N)no1. The topological polar surface area (TPSA) is 67.7 Å². The van der Waals surface area contributed by atoms with Gasteiger partial charge in [-0.2, -0.15) is 0 Å². The van der Waals surface area contributed by atoms with E-state index in [9.17, 15) is 4.39 Å². The molecule has 1 aliphatic rings. The fourth-order valence-electron chi connectivity index (χ4n) is 3.28.